The third-order valence-corrected chi connectivity index (χ3v) is 3.19. The molecule has 1 saturated heterocycles. The lowest BCUT2D eigenvalue weighted by Crippen LogP contribution is -2.57. The van der Waals surface area contributed by atoms with Crippen molar-refractivity contribution in [3.05, 3.63) is 17.5 Å². The Labute approximate surface area is 124 Å². The molecule has 0 aliphatic carbocycles. The van der Waals surface area contributed by atoms with E-state index in [0.29, 0.717) is 24.7 Å². The zero-order valence-electron chi connectivity index (χ0n) is 13.2. The van der Waals surface area contributed by atoms with Gasteiger partial charge in [0.2, 0.25) is 5.95 Å². The topological polar surface area (TPSA) is 96.9 Å². The monoisotopic (exact) mass is 293 g/mol. The van der Waals surface area contributed by atoms with Crippen molar-refractivity contribution in [2.24, 2.45) is 10.9 Å². The SMILES string of the molecule is Cc1cc(/C(N)=N/O)nc(N2CC(C)(C)OC(C)(C)C2)n1. The first-order valence-electron chi connectivity index (χ1n) is 6.91. The van der Waals surface area contributed by atoms with E-state index in [9.17, 15) is 0 Å². The van der Waals surface area contributed by atoms with Crippen molar-refractivity contribution in [3.8, 4) is 0 Å². The Balaban J connectivity index is 2.39. The fourth-order valence-corrected chi connectivity index (χ4v) is 2.81. The lowest BCUT2D eigenvalue weighted by Gasteiger charge is -2.47. The molecule has 0 atom stereocenters. The molecule has 116 valence electrons. The lowest BCUT2D eigenvalue weighted by atomic mass is 9.99. The second kappa shape index (κ2) is 5.14. The van der Waals surface area contributed by atoms with E-state index in [1.165, 1.54) is 0 Å². The first-order chi connectivity index (χ1) is 9.62. The smallest absolute Gasteiger partial charge is 0.226 e. The fraction of sp³-hybridized carbons (Fsp3) is 0.643. The molecule has 1 aliphatic heterocycles. The molecule has 0 bridgehead atoms. The predicted molar refractivity (Wildman–Crippen MR) is 80.7 cm³/mol. The number of ether oxygens (including phenoxy) is 1. The average Bonchev–Trinajstić information content (AvgIpc) is 2.33. The van der Waals surface area contributed by atoms with Crippen LogP contribution in [0.4, 0.5) is 5.95 Å². The van der Waals surface area contributed by atoms with Crippen molar-refractivity contribution in [3.63, 3.8) is 0 Å². The fourth-order valence-electron chi connectivity index (χ4n) is 2.81. The van der Waals surface area contributed by atoms with Crippen molar-refractivity contribution in [2.45, 2.75) is 45.8 Å². The van der Waals surface area contributed by atoms with E-state index in [4.69, 9.17) is 15.7 Å². The Morgan fingerprint density at radius 2 is 1.86 bits per heavy atom. The summed E-state index contributed by atoms with van der Waals surface area (Å²) < 4.78 is 6.06. The second-order valence-corrected chi connectivity index (χ2v) is 6.66. The molecule has 0 saturated carbocycles. The van der Waals surface area contributed by atoms with Crippen molar-refractivity contribution in [2.75, 3.05) is 18.0 Å². The van der Waals surface area contributed by atoms with Crippen molar-refractivity contribution in [1.29, 1.82) is 0 Å². The van der Waals surface area contributed by atoms with Gasteiger partial charge in [0.1, 0.15) is 5.69 Å². The van der Waals surface area contributed by atoms with Gasteiger partial charge in [0.05, 0.1) is 11.2 Å². The first kappa shape index (κ1) is 15.5. The summed E-state index contributed by atoms with van der Waals surface area (Å²) in [5.41, 5.74) is 6.22. The van der Waals surface area contributed by atoms with Gasteiger partial charge in [0.15, 0.2) is 5.84 Å². The van der Waals surface area contributed by atoms with Gasteiger partial charge in [-0.1, -0.05) is 5.16 Å². The van der Waals surface area contributed by atoms with Crippen LogP contribution in [0.1, 0.15) is 39.1 Å². The van der Waals surface area contributed by atoms with Gasteiger partial charge < -0.3 is 20.6 Å². The highest BCUT2D eigenvalue weighted by atomic mass is 16.5. The van der Waals surface area contributed by atoms with E-state index in [2.05, 4.69) is 20.0 Å². The molecule has 0 aromatic carbocycles. The number of hydrogen-bond donors (Lipinski definition) is 2. The van der Waals surface area contributed by atoms with Crippen LogP contribution in [0.25, 0.3) is 0 Å². The molecule has 7 heteroatoms. The van der Waals surface area contributed by atoms with Gasteiger partial charge in [-0.3, -0.25) is 0 Å². The Morgan fingerprint density at radius 1 is 1.29 bits per heavy atom. The van der Waals surface area contributed by atoms with Gasteiger partial charge in [0, 0.05) is 18.8 Å². The van der Waals surface area contributed by atoms with Crippen LogP contribution in [0.15, 0.2) is 11.2 Å². The summed E-state index contributed by atoms with van der Waals surface area (Å²) >= 11 is 0. The molecule has 2 heterocycles. The summed E-state index contributed by atoms with van der Waals surface area (Å²) in [4.78, 5) is 10.9. The zero-order valence-corrected chi connectivity index (χ0v) is 13.2. The molecule has 21 heavy (non-hydrogen) atoms. The first-order valence-corrected chi connectivity index (χ1v) is 6.91. The molecule has 0 amide bonds. The summed E-state index contributed by atoms with van der Waals surface area (Å²) in [6.45, 7) is 11.4. The van der Waals surface area contributed by atoms with Gasteiger partial charge in [0.25, 0.3) is 0 Å². The maximum atomic E-state index is 8.82. The number of nitrogens with zero attached hydrogens (tertiary/aromatic N) is 4. The number of aryl methyl sites for hydroxylation is 1. The Bertz CT molecular complexity index is 552. The van der Waals surface area contributed by atoms with Crippen molar-refractivity contribution in [1.82, 2.24) is 9.97 Å². The summed E-state index contributed by atoms with van der Waals surface area (Å²) in [6, 6.07) is 1.69. The minimum Gasteiger partial charge on any atom is -0.409 e. The standard InChI is InChI=1S/C14H23N5O2/c1-9-6-10(11(15)18-20)17-12(16-9)19-7-13(2,3)21-14(4,5)8-19/h6,20H,7-8H2,1-5H3,(H2,15,18). The van der Waals surface area contributed by atoms with Gasteiger partial charge in [-0.15, -0.1) is 0 Å². The molecule has 0 radical (unpaired) electrons. The van der Waals surface area contributed by atoms with Crippen LogP contribution in [0, 0.1) is 6.92 Å². The number of amidine groups is 1. The molecule has 1 aromatic heterocycles. The molecule has 3 N–H and O–H groups in total. The van der Waals surface area contributed by atoms with Crippen molar-refractivity contribution < 1.29 is 9.94 Å². The molecule has 2 rings (SSSR count). The molecule has 7 nitrogen and oxygen atoms in total. The minimum absolute atomic E-state index is 0.0199. The van der Waals surface area contributed by atoms with Crippen LogP contribution >= 0.6 is 0 Å². The largest absolute Gasteiger partial charge is 0.409 e. The molecule has 0 spiro atoms. The van der Waals surface area contributed by atoms with E-state index in [-0.39, 0.29) is 17.0 Å². The lowest BCUT2D eigenvalue weighted by molar-refractivity contribution is -0.133. The molecular weight excluding hydrogens is 270 g/mol. The number of anilines is 1. The number of nitrogens with two attached hydrogens (primary N) is 1. The summed E-state index contributed by atoms with van der Waals surface area (Å²) in [6.07, 6.45) is 0. The van der Waals surface area contributed by atoms with Crippen LogP contribution in [0.5, 0.6) is 0 Å². The molecule has 1 fully saturated rings. The zero-order chi connectivity index (χ0) is 15.8. The van der Waals surface area contributed by atoms with E-state index >= 15 is 0 Å². The highest BCUT2D eigenvalue weighted by molar-refractivity contribution is 5.95. The van der Waals surface area contributed by atoms with Crippen LogP contribution in [0.2, 0.25) is 0 Å². The van der Waals surface area contributed by atoms with Gasteiger partial charge >= 0.3 is 0 Å². The minimum atomic E-state index is -0.300. The number of oxime groups is 1. The summed E-state index contributed by atoms with van der Waals surface area (Å²) in [5.74, 6) is 0.551. The maximum absolute atomic E-state index is 8.82. The third-order valence-electron chi connectivity index (χ3n) is 3.19. The van der Waals surface area contributed by atoms with Gasteiger partial charge in [-0.05, 0) is 40.7 Å². The number of hydrogen-bond acceptors (Lipinski definition) is 6. The van der Waals surface area contributed by atoms with Crippen LogP contribution < -0.4 is 10.6 Å². The third kappa shape index (κ3) is 3.60. The number of rotatable bonds is 2. The van der Waals surface area contributed by atoms with Crippen LogP contribution in [-0.2, 0) is 4.74 Å². The van der Waals surface area contributed by atoms with Crippen molar-refractivity contribution >= 4 is 11.8 Å². The average molecular weight is 293 g/mol. The Morgan fingerprint density at radius 3 is 2.38 bits per heavy atom. The highest BCUT2D eigenvalue weighted by Gasteiger charge is 2.39. The van der Waals surface area contributed by atoms with Gasteiger partial charge in [-0.25, -0.2) is 9.97 Å². The summed E-state index contributed by atoms with van der Waals surface area (Å²) in [7, 11) is 0. The number of aromatic nitrogens is 2. The molecule has 1 aliphatic rings. The van der Waals surface area contributed by atoms with E-state index in [1.54, 1.807) is 6.07 Å². The molecular formula is C14H23N5O2. The van der Waals surface area contributed by atoms with Crippen LogP contribution in [0.3, 0.4) is 0 Å². The Hall–Kier alpha value is -1.89. The van der Waals surface area contributed by atoms with Crippen LogP contribution in [-0.4, -0.2) is 45.3 Å². The van der Waals surface area contributed by atoms with E-state index in [1.807, 2.05) is 34.6 Å². The number of morpholine rings is 1. The van der Waals surface area contributed by atoms with Gasteiger partial charge in [-0.2, -0.15) is 0 Å². The van der Waals surface area contributed by atoms with E-state index in [0.717, 1.165) is 5.69 Å². The highest BCUT2D eigenvalue weighted by Crippen LogP contribution is 2.30. The molecule has 0 unspecified atom stereocenters. The predicted octanol–water partition coefficient (Wildman–Crippen LogP) is 1.27. The maximum Gasteiger partial charge on any atom is 0.226 e. The van der Waals surface area contributed by atoms with E-state index < -0.39 is 0 Å². The quantitative estimate of drug-likeness (QED) is 0.369. The normalized spacial score (nSPS) is 21.4. The second-order valence-electron chi connectivity index (χ2n) is 6.66. The summed E-state index contributed by atoms with van der Waals surface area (Å²) in [5, 5.41) is 11.8. The molecule has 1 aromatic rings. The Kier molecular flexibility index (Phi) is 3.79.